The van der Waals surface area contributed by atoms with Gasteiger partial charge in [0.05, 0.1) is 6.42 Å². The standard InChI is InChI=1S/C20H16ClN5O/c21-16-6-3-7-17(12-16)23-20-24-19(22)26(25-20)18(27)11-13-8-9-14-4-1-2-5-15(14)10-13/h1-10,12H,11H2,(H3,22,23,24,25). The van der Waals surface area contributed by atoms with Gasteiger partial charge in [-0.1, -0.05) is 60.1 Å². The quantitative estimate of drug-likeness (QED) is 0.554. The fraction of sp³-hybridized carbons (Fsp3) is 0.0500. The number of benzene rings is 3. The highest BCUT2D eigenvalue weighted by atomic mass is 35.5. The molecule has 1 heterocycles. The number of anilines is 3. The first-order chi connectivity index (χ1) is 13.1. The van der Waals surface area contributed by atoms with Gasteiger partial charge in [-0.05, 0) is 34.5 Å². The topological polar surface area (TPSA) is 85.8 Å². The van der Waals surface area contributed by atoms with E-state index in [1.165, 1.54) is 0 Å². The van der Waals surface area contributed by atoms with Crippen LogP contribution in [0.15, 0.2) is 66.7 Å². The number of nitrogen functional groups attached to an aromatic ring is 1. The predicted octanol–water partition coefficient (Wildman–Crippen LogP) is 4.29. The minimum absolute atomic E-state index is 0.0327. The van der Waals surface area contributed by atoms with Crippen molar-refractivity contribution in [1.29, 1.82) is 0 Å². The normalized spacial score (nSPS) is 10.9. The summed E-state index contributed by atoms with van der Waals surface area (Å²) in [6, 6.07) is 21.0. The molecule has 3 N–H and O–H groups in total. The van der Waals surface area contributed by atoms with Crippen molar-refractivity contribution in [2.24, 2.45) is 0 Å². The van der Waals surface area contributed by atoms with Gasteiger partial charge in [0, 0.05) is 10.7 Å². The number of fused-ring (bicyclic) bond motifs is 1. The smallest absolute Gasteiger partial charge is 0.254 e. The van der Waals surface area contributed by atoms with Gasteiger partial charge in [-0.2, -0.15) is 9.67 Å². The van der Waals surface area contributed by atoms with Crippen LogP contribution in [-0.2, 0) is 6.42 Å². The van der Waals surface area contributed by atoms with Gasteiger partial charge in [0.2, 0.25) is 11.9 Å². The molecule has 134 valence electrons. The van der Waals surface area contributed by atoms with E-state index in [0.29, 0.717) is 10.7 Å². The SMILES string of the molecule is Nc1nc(Nc2cccc(Cl)c2)nn1C(=O)Cc1ccc2ccccc2c1. The molecule has 0 aliphatic carbocycles. The van der Waals surface area contributed by atoms with Crippen molar-refractivity contribution in [3.8, 4) is 0 Å². The zero-order valence-electron chi connectivity index (χ0n) is 14.3. The molecule has 0 radical (unpaired) electrons. The number of rotatable bonds is 4. The first-order valence-electron chi connectivity index (χ1n) is 8.34. The Hall–Kier alpha value is -3.38. The van der Waals surface area contributed by atoms with E-state index in [-0.39, 0.29) is 24.2 Å². The molecule has 0 unspecified atom stereocenters. The Morgan fingerprint density at radius 1 is 1.04 bits per heavy atom. The number of nitrogens with zero attached hydrogens (tertiary/aromatic N) is 3. The van der Waals surface area contributed by atoms with Gasteiger partial charge in [-0.25, -0.2) is 0 Å². The summed E-state index contributed by atoms with van der Waals surface area (Å²) in [5.74, 6) is 0.0152. The molecule has 4 rings (SSSR count). The molecule has 27 heavy (non-hydrogen) atoms. The average molecular weight is 378 g/mol. The second-order valence-corrected chi connectivity index (χ2v) is 6.53. The molecule has 0 aliphatic heterocycles. The monoisotopic (exact) mass is 377 g/mol. The van der Waals surface area contributed by atoms with Crippen LogP contribution >= 0.6 is 11.6 Å². The number of aromatic nitrogens is 3. The number of nitrogens with two attached hydrogens (primary N) is 1. The lowest BCUT2D eigenvalue weighted by atomic mass is 10.1. The van der Waals surface area contributed by atoms with Crippen LogP contribution in [-0.4, -0.2) is 20.7 Å². The van der Waals surface area contributed by atoms with E-state index in [9.17, 15) is 4.79 Å². The number of carbonyl (C=O) groups excluding carboxylic acids is 1. The van der Waals surface area contributed by atoms with Crippen LogP contribution < -0.4 is 11.1 Å². The van der Waals surface area contributed by atoms with E-state index in [4.69, 9.17) is 17.3 Å². The molecule has 1 aromatic heterocycles. The third-order valence-electron chi connectivity index (χ3n) is 4.12. The second kappa shape index (κ2) is 7.09. The Morgan fingerprint density at radius 3 is 2.67 bits per heavy atom. The summed E-state index contributed by atoms with van der Waals surface area (Å²) in [5.41, 5.74) is 7.47. The third-order valence-corrected chi connectivity index (χ3v) is 4.35. The fourth-order valence-corrected chi connectivity index (χ4v) is 3.04. The highest BCUT2D eigenvalue weighted by Crippen LogP contribution is 2.20. The van der Waals surface area contributed by atoms with E-state index in [1.807, 2.05) is 48.5 Å². The maximum atomic E-state index is 12.6. The van der Waals surface area contributed by atoms with Gasteiger partial charge in [-0.15, -0.1) is 5.10 Å². The molecule has 0 saturated heterocycles. The molecule has 0 atom stereocenters. The van der Waals surface area contributed by atoms with Crippen LogP contribution in [0.4, 0.5) is 17.6 Å². The minimum Gasteiger partial charge on any atom is -0.368 e. The lowest BCUT2D eigenvalue weighted by Crippen LogP contribution is -2.17. The van der Waals surface area contributed by atoms with E-state index in [1.54, 1.807) is 18.2 Å². The fourth-order valence-electron chi connectivity index (χ4n) is 2.85. The van der Waals surface area contributed by atoms with E-state index < -0.39 is 0 Å². The molecule has 7 heteroatoms. The van der Waals surface area contributed by atoms with Gasteiger partial charge in [0.15, 0.2) is 0 Å². The van der Waals surface area contributed by atoms with Crippen LogP contribution in [0.25, 0.3) is 10.8 Å². The number of hydrogen-bond donors (Lipinski definition) is 2. The predicted molar refractivity (Wildman–Crippen MR) is 107 cm³/mol. The lowest BCUT2D eigenvalue weighted by Gasteiger charge is -2.04. The van der Waals surface area contributed by atoms with Gasteiger partial charge < -0.3 is 11.1 Å². The highest BCUT2D eigenvalue weighted by molar-refractivity contribution is 6.30. The Morgan fingerprint density at radius 2 is 1.85 bits per heavy atom. The van der Waals surface area contributed by atoms with Crippen LogP contribution in [0.3, 0.4) is 0 Å². The first kappa shape index (κ1) is 17.1. The molecule has 4 aromatic rings. The Kier molecular flexibility index (Phi) is 4.48. The summed E-state index contributed by atoms with van der Waals surface area (Å²) in [6.07, 6.45) is 0.176. The summed E-state index contributed by atoms with van der Waals surface area (Å²) < 4.78 is 1.11. The summed E-state index contributed by atoms with van der Waals surface area (Å²) in [6.45, 7) is 0. The van der Waals surface area contributed by atoms with E-state index in [2.05, 4.69) is 15.4 Å². The van der Waals surface area contributed by atoms with Gasteiger partial charge in [-0.3, -0.25) is 4.79 Å². The zero-order valence-corrected chi connectivity index (χ0v) is 15.0. The second-order valence-electron chi connectivity index (χ2n) is 6.09. The average Bonchev–Trinajstić information content (AvgIpc) is 3.02. The van der Waals surface area contributed by atoms with Crippen LogP contribution in [0.5, 0.6) is 0 Å². The van der Waals surface area contributed by atoms with Gasteiger partial charge >= 0.3 is 0 Å². The molecular formula is C20H16ClN5O. The number of hydrogen-bond acceptors (Lipinski definition) is 5. The van der Waals surface area contributed by atoms with Crippen molar-refractivity contribution >= 4 is 45.9 Å². The molecule has 0 fully saturated rings. The van der Waals surface area contributed by atoms with Crippen LogP contribution in [0, 0.1) is 0 Å². The Balaban J connectivity index is 1.53. The molecular weight excluding hydrogens is 362 g/mol. The van der Waals surface area contributed by atoms with Crippen LogP contribution in [0.2, 0.25) is 5.02 Å². The maximum Gasteiger partial charge on any atom is 0.254 e. The van der Waals surface area contributed by atoms with Gasteiger partial charge in [0.25, 0.3) is 5.91 Å². The van der Waals surface area contributed by atoms with Crippen molar-refractivity contribution in [2.45, 2.75) is 6.42 Å². The molecule has 0 saturated carbocycles. The first-order valence-corrected chi connectivity index (χ1v) is 8.72. The van der Waals surface area contributed by atoms with Crippen molar-refractivity contribution in [3.05, 3.63) is 77.3 Å². The summed E-state index contributed by atoms with van der Waals surface area (Å²) in [5, 5.41) is 9.95. The van der Waals surface area contributed by atoms with E-state index in [0.717, 1.165) is 21.0 Å². The van der Waals surface area contributed by atoms with Crippen molar-refractivity contribution < 1.29 is 4.79 Å². The van der Waals surface area contributed by atoms with Gasteiger partial charge in [0.1, 0.15) is 0 Å². The summed E-state index contributed by atoms with van der Waals surface area (Å²) in [4.78, 5) is 16.7. The molecule has 6 nitrogen and oxygen atoms in total. The van der Waals surface area contributed by atoms with Crippen molar-refractivity contribution in [3.63, 3.8) is 0 Å². The summed E-state index contributed by atoms with van der Waals surface area (Å²) >= 11 is 5.96. The largest absolute Gasteiger partial charge is 0.368 e. The molecule has 3 aromatic carbocycles. The third kappa shape index (κ3) is 3.75. The van der Waals surface area contributed by atoms with Crippen molar-refractivity contribution in [2.75, 3.05) is 11.1 Å². The Labute approximate surface area is 160 Å². The highest BCUT2D eigenvalue weighted by Gasteiger charge is 2.15. The molecule has 0 bridgehead atoms. The molecule has 0 spiro atoms. The minimum atomic E-state index is -0.255. The number of nitrogens with one attached hydrogen (secondary N) is 1. The zero-order chi connectivity index (χ0) is 18.8. The Bertz CT molecular complexity index is 1140. The molecule has 0 amide bonds. The number of halogens is 1. The number of carbonyl (C=O) groups is 1. The maximum absolute atomic E-state index is 12.6. The van der Waals surface area contributed by atoms with Crippen LogP contribution in [0.1, 0.15) is 10.4 Å². The molecule has 0 aliphatic rings. The lowest BCUT2D eigenvalue weighted by molar-refractivity contribution is 0.0901. The van der Waals surface area contributed by atoms with E-state index >= 15 is 0 Å². The van der Waals surface area contributed by atoms with Crippen molar-refractivity contribution in [1.82, 2.24) is 14.8 Å². The summed E-state index contributed by atoms with van der Waals surface area (Å²) in [7, 11) is 0.